The van der Waals surface area contributed by atoms with E-state index < -0.39 is 11.7 Å². The van der Waals surface area contributed by atoms with Gasteiger partial charge in [-0.25, -0.2) is 14.4 Å². The highest BCUT2D eigenvalue weighted by Gasteiger charge is 2.38. The predicted octanol–water partition coefficient (Wildman–Crippen LogP) is 4.11. The molecule has 1 atom stereocenters. The summed E-state index contributed by atoms with van der Waals surface area (Å²) in [6.07, 6.45) is 7.95. The standard InChI is InChI=1S/C26H29FN8O2/c27-19-6-4-7-20(14-19)35(16-24(28)36)17-25(32-33-35)31-26-22-9-8-21(15-23(22)29-18-30-26)37-13-5-12-34-10-2-1-3-11-34/h4,6-9,14-15,17-18H,1-3,5,10-13,16H2,(H2-,28,29,30,31,36)/p+1. The molecule has 1 fully saturated rings. The predicted molar refractivity (Wildman–Crippen MR) is 139 cm³/mol. The fraction of sp³-hybridized carbons (Fsp3) is 0.346. The molecule has 0 saturated carbocycles. The Balaban J connectivity index is 1.29. The van der Waals surface area contributed by atoms with Crippen LogP contribution in [0.4, 0.5) is 15.9 Å². The summed E-state index contributed by atoms with van der Waals surface area (Å²) < 4.78 is 19.5. The highest BCUT2D eigenvalue weighted by atomic mass is 19.1. The van der Waals surface area contributed by atoms with Gasteiger partial charge in [0.1, 0.15) is 23.7 Å². The molecular weight excluding hydrogens is 475 g/mol. The van der Waals surface area contributed by atoms with Crippen LogP contribution in [-0.4, -0.2) is 53.6 Å². The Morgan fingerprint density at radius 2 is 2.00 bits per heavy atom. The maximum Gasteiger partial charge on any atom is 0.276 e. The van der Waals surface area contributed by atoms with E-state index in [1.807, 2.05) is 18.2 Å². The van der Waals surface area contributed by atoms with Crippen molar-refractivity contribution in [2.24, 2.45) is 16.1 Å². The van der Waals surface area contributed by atoms with Crippen molar-refractivity contribution in [3.05, 3.63) is 66.6 Å². The molecule has 3 aromatic rings. The number of benzene rings is 2. The van der Waals surface area contributed by atoms with E-state index >= 15 is 0 Å². The van der Waals surface area contributed by atoms with E-state index in [2.05, 4.69) is 30.5 Å². The number of carbonyl (C=O) groups excluding carboxylic acids is 1. The second-order valence-corrected chi connectivity index (χ2v) is 9.27. The van der Waals surface area contributed by atoms with Crippen molar-refractivity contribution in [1.82, 2.24) is 19.5 Å². The van der Waals surface area contributed by atoms with Gasteiger partial charge >= 0.3 is 0 Å². The number of likely N-dealkylation sites (tertiary alicyclic amines) is 1. The van der Waals surface area contributed by atoms with E-state index in [0.717, 1.165) is 24.1 Å². The molecular formula is C26H30FN8O2+. The van der Waals surface area contributed by atoms with Gasteiger partial charge in [-0.3, -0.25) is 4.79 Å². The molecule has 0 spiro atoms. The van der Waals surface area contributed by atoms with Crippen LogP contribution < -0.4 is 20.4 Å². The van der Waals surface area contributed by atoms with Crippen LogP contribution in [0.2, 0.25) is 0 Å². The molecule has 3 heterocycles. The minimum Gasteiger partial charge on any atom is -0.493 e. The highest BCUT2D eigenvalue weighted by Crippen LogP contribution is 2.32. The third-order valence-corrected chi connectivity index (χ3v) is 6.49. The average molecular weight is 506 g/mol. The summed E-state index contributed by atoms with van der Waals surface area (Å²) in [6, 6.07) is 11.5. The lowest BCUT2D eigenvalue weighted by atomic mass is 10.1. The van der Waals surface area contributed by atoms with Gasteiger partial charge in [0, 0.05) is 35.4 Å². The van der Waals surface area contributed by atoms with Gasteiger partial charge in [0.05, 0.1) is 12.1 Å². The fourth-order valence-electron chi connectivity index (χ4n) is 4.70. The summed E-state index contributed by atoms with van der Waals surface area (Å²) in [5, 5.41) is 12.3. The van der Waals surface area contributed by atoms with Gasteiger partial charge < -0.3 is 20.7 Å². The summed E-state index contributed by atoms with van der Waals surface area (Å²) in [4.78, 5) is 23.0. The van der Waals surface area contributed by atoms with Gasteiger partial charge in [-0.1, -0.05) is 17.6 Å². The summed E-state index contributed by atoms with van der Waals surface area (Å²) in [7, 11) is 0. The first-order valence-electron chi connectivity index (χ1n) is 12.5. The molecule has 0 bridgehead atoms. The lowest BCUT2D eigenvalue weighted by molar-refractivity contribution is -0.118. The Bertz CT molecular complexity index is 1340. The van der Waals surface area contributed by atoms with Gasteiger partial charge in [0.2, 0.25) is 5.82 Å². The van der Waals surface area contributed by atoms with Gasteiger partial charge in [-0.15, -0.1) is 4.59 Å². The van der Waals surface area contributed by atoms with Crippen molar-refractivity contribution in [1.29, 1.82) is 0 Å². The van der Waals surface area contributed by atoms with Gasteiger partial charge in [-0.05, 0) is 50.6 Å². The van der Waals surface area contributed by atoms with Crippen LogP contribution in [0.1, 0.15) is 25.7 Å². The Labute approximate surface area is 214 Å². The molecule has 3 N–H and O–H groups in total. The number of aromatic nitrogens is 2. The smallest absolute Gasteiger partial charge is 0.276 e. The second-order valence-electron chi connectivity index (χ2n) is 9.27. The number of nitrogens with two attached hydrogens (primary N) is 1. The molecule has 192 valence electrons. The third kappa shape index (κ3) is 5.89. The molecule has 37 heavy (non-hydrogen) atoms. The van der Waals surface area contributed by atoms with Crippen LogP contribution in [0, 0.1) is 5.82 Å². The molecule has 1 saturated heterocycles. The first kappa shape index (κ1) is 24.7. The van der Waals surface area contributed by atoms with Crippen LogP contribution in [0.25, 0.3) is 10.9 Å². The van der Waals surface area contributed by atoms with Gasteiger partial charge in [0.15, 0.2) is 18.4 Å². The van der Waals surface area contributed by atoms with Crippen molar-refractivity contribution in [2.45, 2.75) is 25.7 Å². The van der Waals surface area contributed by atoms with E-state index in [9.17, 15) is 9.18 Å². The molecule has 0 aliphatic carbocycles. The van der Waals surface area contributed by atoms with Crippen LogP contribution in [-0.2, 0) is 4.79 Å². The number of hydrogen-bond donors (Lipinski definition) is 2. The van der Waals surface area contributed by atoms with Gasteiger partial charge in [-0.2, -0.15) is 0 Å². The fourth-order valence-corrected chi connectivity index (χ4v) is 4.70. The molecule has 11 heteroatoms. The number of anilines is 1. The normalized spacial score (nSPS) is 19.6. The van der Waals surface area contributed by atoms with E-state index in [1.54, 1.807) is 18.3 Å². The zero-order chi connectivity index (χ0) is 25.7. The minimum absolute atomic E-state index is 0.207. The van der Waals surface area contributed by atoms with Gasteiger partial charge in [0.25, 0.3) is 5.91 Å². The number of carbonyl (C=O) groups is 1. The van der Waals surface area contributed by atoms with Crippen molar-refractivity contribution in [2.75, 3.05) is 38.1 Å². The number of nitrogens with zero attached hydrogens (tertiary/aromatic N) is 6. The number of nitrogens with one attached hydrogen (secondary N) is 1. The Kier molecular flexibility index (Phi) is 7.33. The number of rotatable bonds is 10. The Morgan fingerprint density at radius 1 is 1.14 bits per heavy atom. The van der Waals surface area contributed by atoms with Crippen molar-refractivity contribution in [3.63, 3.8) is 0 Å². The molecule has 2 aliphatic rings. The molecule has 10 nitrogen and oxygen atoms in total. The maximum atomic E-state index is 13.9. The van der Waals surface area contributed by atoms with E-state index in [1.165, 1.54) is 50.8 Å². The maximum absolute atomic E-state index is 13.9. The topological polar surface area (TPSA) is 118 Å². The van der Waals surface area contributed by atoms with Crippen LogP contribution in [0.15, 0.2) is 71.2 Å². The van der Waals surface area contributed by atoms with Crippen molar-refractivity contribution in [3.8, 4) is 5.75 Å². The number of amides is 1. The Morgan fingerprint density at radius 3 is 2.81 bits per heavy atom. The van der Waals surface area contributed by atoms with Crippen LogP contribution in [0.5, 0.6) is 5.75 Å². The quantitative estimate of drug-likeness (QED) is 0.316. The van der Waals surface area contributed by atoms with Crippen LogP contribution in [0.3, 0.4) is 0 Å². The molecule has 1 unspecified atom stereocenters. The minimum atomic E-state index is -0.600. The number of quaternary nitrogens is 1. The van der Waals surface area contributed by atoms with Crippen molar-refractivity contribution >= 4 is 28.3 Å². The number of fused-ring (bicyclic) bond motifs is 1. The number of ether oxygens (including phenoxy) is 1. The number of piperidine rings is 1. The lowest BCUT2D eigenvalue weighted by Gasteiger charge is -2.26. The summed E-state index contributed by atoms with van der Waals surface area (Å²) in [5.74, 6) is 0.569. The number of halogens is 1. The summed E-state index contributed by atoms with van der Waals surface area (Å²) in [6.45, 7) is 3.86. The van der Waals surface area contributed by atoms with Crippen molar-refractivity contribution < 1.29 is 13.9 Å². The SMILES string of the molecule is NC(=O)C[N+]1(c2cccc(F)c2)C=C(Nc2ncnc3cc(OCCCN4CCCCC4)ccc23)N=N1. The number of primary amides is 1. The molecule has 1 amide bonds. The molecule has 5 rings (SSSR count). The monoisotopic (exact) mass is 505 g/mol. The molecule has 2 aromatic carbocycles. The van der Waals surface area contributed by atoms with E-state index in [4.69, 9.17) is 10.5 Å². The molecule has 1 aromatic heterocycles. The Hall–Kier alpha value is -3.96. The largest absolute Gasteiger partial charge is 0.493 e. The second kappa shape index (κ2) is 11.0. The first-order chi connectivity index (χ1) is 18.0. The van der Waals surface area contributed by atoms with E-state index in [-0.39, 0.29) is 11.1 Å². The molecule has 2 aliphatic heterocycles. The summed E-state index contributed by atoms with van der Waals surface area (Å²) >= 11 is 0. The van der Waals surface area contributed by atoms with Crippen LogP contribution >= 0.6 is 0 Å². The lowest BCUT2D eigenvalue weighted by Crippen LogP contribution is -2.44. The number of hydrogen-bond acceptors (Lipinski definition) is 8. The zero-order valence-electron chi connectivity index (χ0n) is 20.5. The van der Waals surface area contributed by atoms with E-state index in [0.29, 0.717) is 29.4 Å². The average Bonchev–Trinajstić information content (AvgIpc) is 3.30. The summed E-state index contributed by atoms with van der Waals surface area (Å²) in [5.41, 5.74) is 6.60. The molecule has 0 radical (unpaired) electrons. The zero-order valence-corrected chi connectivity index (χ0v) is 20.5. The third-order valence-electron chi connectivity index (χ3n) is 6.49. The first-order valence-corrected chi connectivity index (χ1v) is 12.5. The highest BCUT2D eigenvalue weighted by molar-refractivity contribution is 5.90.